The molecule has 1 aromatic rings. The first kappa shape index (κ1) is 12.5. The molecule has 0 aliphatic rings. The van der Waals surface area contributed by atoms with E-state index in [1.165, 1.54) is 6.07 Å². The van der Waals surface area contributed by atoms with Gasteiger partial charge in [0.25, 0.3) is 0 Å². The normalized spacial score (nSPS) is 10.6. The number of hydrogen-bond acceptors (Lipinski definition) is 2. The quantitative estimate of drug-likeness (QED) is 0.607. The summed E-state index contributed by atoms with van der Waals surface area (Å²) in [5.74, 6) is -0.211. The van der Waals surface area contributed by atoms with Gasteiger partial charge in [-0.15, -0.1) is 0 Å². The molecule has 0 aliphatic carbocycles. The van der Waals surface area contributed by atoms with Crippen molar-refractivity contribution in [3.8, 4) is 0 Å². The van der Waals surface area contributed by atoms with Crippen molar-refractivity contribution in [2.24, 2.45) is 11.7 Å². The molecule has 0 saturated heterocycles. The van der Waals surface area contributed by atoms with Crippen molar-refractivity contribution < 1.29 is 4.39 Å². The van der Waals surface area contributed by atoms with Crippen molar-refractivity contribution in [2.75, 3.05) is 18.5 Å². The molecular formula is C12H18FN3. The Morgan fingerprint density at radius 1 is 1.50 bits per heavy atom. The number of nitrogen functional groups attached to an aromatic ring is 1. The molecule has 1 aromatic carbocycles. The minimum absolute atomic E-state index is 0.186. The maximum atomic E-state index is 13.6. The SMILES string of the molecule is CC(C)CN(C)c1cccc(F)c1C(=N)N. The van der Waals surface area contributed by atoms with Crippen LogP contribution in [0.4, 0.5) is 10.1 Å². The highest BCUT2D eigenvalue weighted by molar-refractivity contribution is 6.00. The second-order valence-electron chi connectivity index (χ2n) is 4.32. The molecule has 0 atom stereocenters. The lowest BCUT2D eigenvalue weighted by Gasteiger charge is -2.24. The summed E-state index contributed by atoms with van der Waals surface area (Å²) >= 11 is 0. The van der Waals surface area contributed by atoms with Gasteiger partial charge in [0.2, 0.25) is 0 Å². The predicted octanol–water partition coefficient (Wildman–Crippen LogP) is 2.20. The summed E-state index contributed by atoms with van der Waals surface area (Å²) in [5.41, 5.74) is 6.25. The Kier molecular flexibility index (Phi) is 3.88. The summed E-state index contributed by atoms with van der Waals surface area (Å²) in [7, 11) is 1.88. The Morgan fingerprint density at radius 2 is 2.12 bits per heavy atom. The standard InChI is InChI=1S/C12H18FN3/c1-8(2)7-16(3)10-6-4-5-9(13)11(10)12(14)15/h4-6,8H,7H2,1-3H3,(H3,14,15). The molecule has 0 spiro atoms. The molecule has 88 valence electrons. The van der Waals surface area contributed by atoms with E-state index in [1.54, 1.807) is 12.1 Å². The molecule has 0 fully saturated rings. The molecule has 0 aromatic heterocycles. The molecule has 0 amide bonds. The molecule has 3 N–H and O–H groups in total. The highest BCUT2D eigenvalue weighted by atomic mass is 19.1. The van der Waals surface area contributed by atoms with Crippen LogP contribution in [0.3, 0.4) is 0 Å². The molecule has 0 unspecified atom stereocenters. The van der Waals surface area contributed by atoms with E-state index in [0.717, 1.165) is 6.54 Å². The van der Waals surface area contributed by atoms with Crippen molar-refractivity contribution in [1.82, 2.24) is 0 Å². The average Bonchev–Trinajstić information content (AvgIpc) is 2.15. The minimum Gasteiger partial charge on any atom is -0.384 e. The molecule has 0 heterocycles. The first-order valence-electron chi connectivity index (χ1n) is 5.27. The van der Waals surface area contributed by atoms with Crippen LogP contribution >= 0.6 is 0 Å². The van der Waals surface area contributed by atoms with E-state index in [1.807, 2.05) is 11.9 Å². The van der Waals surface area contributed by atoms with E-state index in [4.69, 9.17) is 11.1 Å². The largest absolute Gasteiger partial charge is 0.384 e. The van der Waals surface area contributed by atoms with Crippen LogP contribution in [-0.2, 0) is 0 Å². The van der Waals surface area contributed by atoms with Gasteiger partial charge in [-0.2, -0.15) is 0 Å². The fraction of sp³-hybridized carbons (Fsp3) is 0.417. The maximum Gasteiger partial charge on any atom is 0.136 e. The maximum absolute atomic E-state index is 13.6. The second kappa shape index (κ2) is 4.96. The van der Waals surface area contributed by atoms with Gasteiger partial charge in [-0.3, -0.25) is 5.41 Å². The zero-order valence-electron chi connectivity index (χ0n) is 9.92. The van der Waals surface area contributed by atoms with E-state index < -0.39 is 5.82 Å². The first-order chi connectivity index (χ1) is 7.43. The van der Waals surface area contributed by atoms with Gasteiger partial charge in [0.15, 0.2) is 0 Å². The lowest BCUT2D eigenvalue weighted by atomic mass is 10.1. The van der Waals surface area contributed by atoms with Gasteiger partial charge in [-0.25, -0.2) is 4.39 Å². The van der Waals surface area contributed by atoms with Gasteiger partial charge in [0, 0.05) is 13.6 Å². The molecular weight excluding hydrogens is 205 g/mol. The number of benzene rings is 1. The first-order valence-corrected chi connectivity index (χ1v) is 5.27. The summed E-state index contributed by atoms with van der Waals surface area (Å²) in [5, 5.41) is 7.40. The van der Waals surface area contributed by atoms with Crippen LogP contribution in [0, 0.1) is 17.1 Å². The highest BCUT2D eigenvalue weighted by Crippen LogP contribution is 2.22. The van der Waals surface area contributed by atoms with Gasteiger partial charge in [-0.05, 0) is 18.1 Å². The van der Waals surface area contributed by atoms with Crippen LogP contribution in [0.2, 0.25) is 0 Å². The van der Waals surface area contributed by atoms with E-state index >= 15 is 0 Å². The summed E-state index contributed by atoms with van der Waals surface area (Å²) in [6, 6.07) is 4.74. The number of nitrogens with zero attached hydrogens (tertiary/aromatic N) is 1. The zero-order chi connectivity index (χ0) is 12.3. The monoisotopic (exact) mass is 223 g/mol. The van der Waals surface area contributed by atoms with E-state index in [2.05, 4.69) is 13.8 Å². The van der Waals surface area contributed by atoms with Crippen molar-refractivity contribution in [3.63, 3.8) is 0 Å². The van der Waals surface area contributed by atoms with E-state index in [9.17, 15) is 4.39 Å². The smallest absolute Gasteiger partial charge is 0.136 e. The Labute approximate surface area is 95.6 Å². The topological polar surface area (TPSA) is 53.1 Å². The van der Waals surface area contributed by atoms with Crippen molar-refractivity contribution >= 4 is 11.5 Å². The number of nitrogens with one attached hydrogen (secondary N) is 1. The van der Waals surface area contributed by atoms with Crippen molar-refractivity contribution in [1.29, 1.82) is 5.41 Å². The predicted molar refractivity (Wildman–Crippen MR) is 65.5 cm³/mol. The van der Waals surface area contributed by atoms with Crippen LogP contribution in [0.5, 0.6) is 0 Å². The molecule has 0 saturated carbocycles. The average molecular weight is 223 g/mol. The number of halogens is 1. The Bertz CT molecular complexity index is 388. The molecule has 3 nitrogen and oxygen atoms in total. The van der Waals surface area contributed by atoms with Crippen molar-refractivity contribution in [2.45, 2.75) is 13.8 Å². The van der Waals surface area contributed by atoms with Gasteiger partial charge < -0.3 is 10.6 Å². The summed E-state index contributed by atoms with van der Waals surface area (Å²) < 4.78 is 13.6. The number of hydrogen-bond donors (Lipinski definition) is 2. The highest BCUT2D eigenvalue weighted by Gasteiger charge is 2.14. The van der Waals surface area contributed by atoms with Crippen LogP contribution in [-0.4, -0.2) is 19.4 Å². The molecule has 1 rings (SSSR count). The van der Waals surface area contributed by atoms with E-state index in [0.29, 0.717) is 11.6 Å². The third kappa shape index (κ3) is 2.72. The van der Waals surface area contributed by atoms with Gasteiger partial charge >= 0.3 is 0 Å². The van der Waals surface area contributed by atoms with Crippen LogP contribution in [0.1, 0.15) is 19.4 Å². The zero-order valence-corrected chi connectivity index (χ0v) is 9.92. The molecule has 0 radical (unpaired) electrons. The summed E-state index contributed by atoms with van der Waals surface area (Å²) in [4.78, 5) is 1.92. The minimum atomic E-state index is -0.444. The molecule has 0 bridgehead atoms. The number of nitrogens with two attached hydrogens (primary N) is 1. The summed E-state index contributed by atoms with van der Waals surface area (Å²) in [6.45, 7) is 4.97. The van der Waals surface area contributed by atoms with Gasteiger partial charge in [-0.1, -0.05) is 19.9 Å². The number of rotatable bonds is 4. The Hall–Kier alpha value is -1.58. The number of amidine groups is 1. The molecule has 16 heavy (non-hydrogen) atoms. The fourth-order valence-corrected chi connectivity index (χ4v) is 1.74. The molecule has 0 aliphatic heterocycles. The third-order valence-electron chi connectivity index (χ3n) is 2.31. The summed E-state index contributed by atoms with van der Waals surface area (Å²) in [6.07, 6.45) is 0. The second-order valence-corrected chi connectivity index (χ2v) is 4.32. The van der Waals surface area contributed by atoms with Gasteiger partial charge in [0.05, 0.1) is 11.3 Å². The van der Waals surface area contributed by atoms with Crippen molar-refractivity contribution in [3.05, 3.63) is 29.6 Å². The van der Waals surface area contributed by atoms with Crippen LogP contribution < -0.4 is 10.6 Å². The number of anilines is 1. The van der Waals surface area contributed by atoms with Crippen LogP contribution in [0.15, 0.2) is 18.2 Å². The lowest BCUT2D eigenvalue weighted by molar-refractivity contribution is 0.616. The Balaban J connectivity index is 3.12. The van der Waals surface area contributed by atoms with Crippen LogP contribution in [0.25, 0.3) is 0 Å². The Morgan fingerprint density at radius 3 is 2.62 bits per heavy atom. The van der Waals surface area contributed by atoms with Gasteiger partial charge in [0.1, 0.15) is 11.7 Å². The van der Waals surface area contributed by atoms with E-state index in [-0.39, 0.29) is 11.4 Å². The fourth-order valence-electron chi connectivity index (χ4n) is 1.74. The third-order valence-corrected chi connectivity index (χ3v) is 2.31. The molecule has 4 heteroatoms. The lowest BCUT2D eigenvalue weighted by Crippen LogP contribution is -2.26.